The number of carboxylic acids is 1. The third kappa shape index (κ3) is 2.22. The molecule has 0 aromatic heterocycles. The molecule has 1 amide bonds. The highest BCUT2D eigenvalue weighted by Gasteiger charge is 2.18. The second-order valence-electron chi connectivity index (χ2n) is 4.38. The summed E-state index contributed by atoms with van der Waals surface area (Å²) in [5.41, 5.74) is -0.422. The van der Waals surface area contributed by atoms with E-state index in [4.69, 9.17) is 5.11 Å². The molecule has 0 saturated heterocycles. The van der Waals surface area contributed by atoms with E-state index in [0.717, 1.165) is 6.20 Å². The average molecular weight is 296 g/mol. The standard InChI is InChI=1S/C14H8N4O4/c19-12-9(14(21)22)5-7-3-1-2-4-8(7)11(12)17-16-10-6-15-18-13(10)20/h1-6,19H,(H,21,22). The number of carboxylic acid groups (broad SMARTS) is 1. The van der Waals surface area contributed by atoms with Crippen molar-refractivity contribution in [1.82, 2.24) is 0 Å². The van der Waals surface area contributed by atoms with Crippen LogP contribution >= 0.6 is 0 Å². The van der Waals surface area contributed by atoms with Crippen molar-refractivity contribution in [2.45, 2.75) is 0 Å². The Bertz CT molecular complexity index is 899. The van der Waals surface area contributed by atoms with E-state index in [1.54, 1.807) is 24.3 Å². The number of azo groups is 2. The molecule has 0 unspecified atom stereocenters. The van der Waals surface area contributed by atoms with Gasteiger partial charge in [0, 0.05) is 5.39 Å². The number of rotatable bonds is 3. The summed E-state index contributed by atoms with van der Waals surface area (Å²) in [6.45, 7) is 0. The zero-order valence-electron chi connectivity index (χ0n) is 11.0. The van der Waals surface area contributed by atoms with Crippen LogP contribution in [0.2, 0.25) is 0 Å². The number of carbonyl (C=O) groups is 2. The van der Waals surface area contributed by atoms with Gasteiger partial charge in [0.1, 0.15) is 11.3 Å². The van der Waals surface area contributed by atoms with E-state index in [9.17, 15) is 14.7 Å². The van der Waals surface area contributed by atoms with Crippen molar-refractivity contribution >= 4 is 28.3 Å². The minimum absolute atomic E-state index is 0.0314. The predicted molar refractivity (Wildman–Crippen MR) is 75.0 cm³/mol. The number of hydrogen-bond donors (Lipinski definition) is 2. The molecule has 0 aliphatic carbocycles. The van der Waals surface area contributed by atoms with E-state index in [0.29, 0.717) is 10.8 Å². The number of aromatic carboxylic acids is 1. The third-order valence-corrected chi connectivity index (χ3v) is 3.03. The Hall–Kier alpha value is -3.42. The topological polar surface area (TPSA) is 124 Å². The molecule has 8 nitrogen and oxygen atoms in total. The van der Waals surface area contributed by atoms with E-state index in [2.05, 4.69) is 20.5 Å². The van der Waals surface area contributed by atoms with Crippen molar-refractivity contribution in [2.24, 2.45) is 20.5 Å². The first-order valence-electron chi connectivity index (χ1n) is 6.13. The fourth-order valence-corrected chi connectivity index (χ4v) is 2.00. The lowest BCUT2D eigenvalue weighted by molar-refractivity contribution is -0.114. The first-order chi connectivity index (χ1) is 10.6. The summed E-state index contributed by atoms with van der Waals surface area (Å²) >= 11 is 0. The number of amides is 1. The van der Waals surface area contributed by atoms with E-state index >= 15 is 0 Å². The normalized spacial score (nSPS) is 14.0. The second-order valence-corrected chi connectivity index (χ2v) is 4.38. The molecule has 1 aliphatic heterocycles. The highest BCUT2D eigenvalue weighted by atomic mass is 16.4. The summed E-state index contributed by atoms with van der Waals surface area (Å²) in [5.74, 6) is -2.46. The zero-order valence-corrected chi connectivity index (χ0v) is 11.0. The first-order valence-corrected chi connectivity index (χ1v) is 6.13. The van der Waals surface area contributed by atoms with Gasteiger partial charge in [0.05, 0.1) is 6.20 Å². The largest absolute Gasteiger partial charge is 0.505 e. The highest BCUT2D eigenvalue weighted by molar-refractivity contribution is 6.04. The Morgan fingerprint density at radius 2 is 1.95 bits per heavy atom. The van der Waals surface area contributed by atoms with Gasteiger partial charge in [-0.15, -0.1) is 15.3 Å². The van der Waals surface area contributed by atoms with Crippen molar-refractivity contribution in [2.75, 3.05) is 0 Å². The van der Waals surface area contributed by atoms with Gasteiger partial charge in [0.15, 0.2) is 11.4 Å². The zero-order chi connectivity index (χ0) is 15.7. The average Bonchev–Trinajstić information content (AvgIpc) is 2.91. The molecule has 0 atom stereocenters. The molecule has 3 rings (SSSR count). The lowest BCUT2D eigenvalue weighted by Gasteiger charge is -2.07. The van der Waals surface area contributed by atoms with Crippen LogP contribution in [0.3, 0.4) is 0 Å². The minimum Gasteiger partial charge on any atom is -0.505 e. The van der Waals surface area contributed by atoms with Gasteiger partial charge in [0.2, 0.25) is 0 Å². The van der Waals surface area contributed by atoms with E-state index in [-0.39, 0.29) is 16.9 Å². The number of benzene rings is 2. The molecule has 1 heterocycles. The molecule has 2 aromatic rings. The van der Waals surface area contributed by atoms with Gasteiger partial charge < -0.3 is 10.2 Å². The molecule has 0 spiro atoms. The van der Waals surface area contributed by atoms with E-state index in [1.165, 1.54) is 6.07 Å². The van der Waals surface area contributed by atoms with Crippen LogP contribution in [0.15, 0.2) is 62.7 Å². The van der Waals surface area contributed by atoms with Crippen LogP contribution in [0.5, 0.6) is 5.75 Å². The van der Waals surface area contributed by atoms with Gasteiger partial charge in [-0.3, -0.25) is 4.79 Å². The Kier molecular flexibility index (Phi) is 3.18. The van der Waals surface area contributed by atoms with E-state index < -0.39 is 17.6 Å². The molecule has 0 radical (unpaired) electrons. The molecule has 0 fully saturated rings. The number of fused-ring (bicyclic) bond motifs is 1. The lowest BCUT2D eigenvalue weighted by Crippen LogP contribution is -1.97. The highest BCUT2D eigenvalue weighted by Crippen LogP contribution is 2.39. The maximum atomic E-state index is 11.3. The fourth-order valence-electron chi connectivity index (χ4n) is 2.00. The van der Waals surface area contributed by atoms with Crippen LogP contribution in [0.1, 0.15) is 10.4 Å². The Morgan fingerprint density at radius 1 is 1.18 bits per heavy atom. The predicted octanol–water partition coefficient (Wildman–Crippen LogP) is 3.16. The maximum Gasteiger partial charge on any atom is 0.339 e. The minimum atomic E-state index is -1.29. The van der Waals surface area contributed by atoms with Gasteiger partial charge in [-0.05, 0) is 11.5 Å². The molecule has 22 heavy (non-hydrogen) atoms. The summed E-state index contributed by atoms with van der Waals surface area (Å²) in [6.07, 6.45) is 1.13. The molecule has 108 valence electrons. The lowest BCUT2D eigenvalue weighted by atomic mass is 10.0. The van der Waals surface area contributed by atoms with Gasteiger partial charge in [-0.2, -0.15) is 5.11 Å². The Balaban J connectivity index is 2.18. The molecule has 0 bridgehead atoms. The smallest absolute Gasteiger partial charge is 0.339 e. The van der Waals surface area contributed by atoms with Crippen LogP contribution in [-0.4, -0.2) is 22.1 Å². The number of hydrogen-bond acceptors (Lipinski definition) is 6. The number of nitrogens with zero attached hydrogens (tertiary/aromatic N) is 4. The van der Waals surface area contributed by atoms with Crippen LogP contribution in [-0.2, 0) is 4.79 Å². The SMILES string of the molecule is O=C1N=NC=C1N=Nc1c(O)c(C(=O)O)cc2ccccc12. The summed E-state index contributed by atoms with van der Waals surface area (Å²) in [4.78, 5) is 22.5. The maximum absolute atomic E-state index is 11.3. The third-order valence-electron chi connectivity index (χ3n) is 3.03. The number of phenols is 1. The van der Waals surface area contributed by atoms with Crippen LogP contribution < -0.4 is 0 Å². The molecule has 1 aliphatic rings. The molecule has 2 aromatic carbocycles. The van der Waals surface area contributed by atoms with Crippen molar-refractivity contribution in [3.63, 3.8) is 0 Å². The fraction of sp³-hybridized carbons (Fsp3) is 0. The van der Waals surface area contributed by atoms with E-state index in [1.807, 2.05) is 0 Å². The number of carbonyl (C=O) groups excluding carboxylic acids is 1. The number of aromatic hydroxyl groups is 1. The van der Waals surface area contributed by atoms with Crippen LogP contribution in [0.4, 0.5) is 5.69 Å². The summed E-state index contributed by atoms with van der Waals surface area (Å²) in [6, 6.07) is 8.13. The van der Waals surface area contributed by atoms with Gasteiger partial charge in [-0.25, -0.2) is 4.79 Å². The van der Waals surface area contributed by atoms with Crippen LogP contribution in [0, 0.1) is 0 Å². The molecule has 2 N–H and O–H groups in total. The van der Waals surface area contributed by atoms with Gasteiger partial charge in [-0.1, -0.05) is 24.3 Å². The Morgan fingerprint density at radius 3 is 2.64 bits per heavy atom. The van der Waals surface area contributed by atoms with Crippen molar-refractivity contribution < 1.29 is 19.8 Å². The molecule has 8 heteroatoms. The summed E-state index contributed by atoms with van der Waals surface area (Å²) < 4.78 is 0. The van der Waals surface area contributed by atoms with Gasteiger partial charge in [0.25, 0.3) is 0 Å². The quantitative estimate of drug-likeness (QED) is 0.844. The molecule has 0 saturated carbocycles. The monoisotopic (exact) mass is 296 g/mol. The summed E-state index contributed by atoms with van der Waals surface area (Å²) in [7, 11) is 0. The second kappa shape index (κ2) is 5.17. The van der Waals surface area contributed by atoms with Crippen molar-refractivity contribution in [1.29, 1.82) is 0 Å². The van der Waals surface area contributed by atoms with Crippen molar-refractivity contribution in [3.05, 3.63) is 47.8 Å². The molecular weight excluding hydrogens is 288 g/mol. The van der Waals surface area contributed by atoms with Gasteiger partial charge >= 0.3 is 11.9 Å². The molecular formula is C14H8N4O4. The summed E-state index contributed by atoms with van der Waals surface area (Å²) in [5, 5.41) is 34.5. The van der Waals surface area contributed by atoms with Crippen molar-refractivity contribution in [3.8, 4) is 5.75 Å². The van der Waals surface area contributed by atoms with Crippen LogP contribution in [0.25, 0.3) is 10.8 Å². The Labute approximate surface area is 123 Å². The first kappa shape index (κ1) is 13.6.